The Labute approximate surface area is 200 Å². The summed E-state index contributed by atoms with van der Waals surface area (Å²) in [5.74, 6) is -1.78. The topological polar surface area (TPSA) is 201 Å². The zero-order valence-corrected chi connectivity index (χ0v) is 18.8. The molecule has 0 aliphatic heterocycles. The van der Waals surface area contributed by atoms with Gasteiger partial charge in [0.15, 0.2) is 5.96 Å². The molecule has 2 aromatic rings. The standard InChI is InChI=1S/C21H25N7O5S/c22-20(23)25-15-3-1-2-14(10-15)19(32)27-28-21(33)26-16(11-17(29)30)12-4-6-13(7-5-12)18(31)24-8-9-34/h1-7,10,16,34H,8-9,11H2,(H,24,31)(H,27,32)(H,29,30)(H4,22,23,25)(H2,26,28,33)/t16-/m1/s1. The lowest BCUT2D eigenvalue weighted by Crippen LogP contribution is -2.48. The minimum Gasteiger partial charge on any atom is -0.481 e. The van der Waals surface area contributed by atoms with Crippen molar-refractivity contribution in [3.63, 3.8) is 0 Å². The van der Waals surface area contributed by atoms with E-state index in [0.717, 1.165) is 0 Å². The number of nitrogens with zero attached hydrogens (tertiary/aromatic N) is 1. The van der Waals surface area contributed by atoms with Crippen molar-refractivity contribution in [3.8, 4) is 0 Å². The molecule has 0 fully saturated rings. The molecule has 180 valence electrons. The molecule has 0 aliphatic carbocycles. The summed E-state index contributed by atoms with van der Waals surface area (Å²) in [6.07, 6.45) is -0.423. The molecule has 34 heavy (non-hydrogen) atoms. The molecule has 4 amide bonds. The lowest BCUT2D eigenvalue weighted by Gasteiger charge is -2.18. The number of hydrogen-bond donors (Lipinski definition) is 8. The predicted octanol–water partition coefficient (Wildman–Crippen LogP) is 0.411. The van der Waals surface area contributed by atoms with Gasteiger partial charge < -0.3 is 27.2 Å². The zero-order valence-electron chi connectivity index (χ0n) is 17.9. The highest BCUT2D eigenvalue weighted by atomic mass is 32.1. The molecule has 0 radical (unpaired) electrons. The number of carboxylic acid groups (broad SMARTS) is 1. The molecule has 1 atom stereocenters. The van der Waals surface area contributed by atoms with Crippen LogP contribution in [0.25, 0.3) is 0 Å². The largest absolute Gasteiger partial charge is 0.481 e. The summed E-state index contributed by atoms with van der Waals surface area (Å²) in [7, 11) is 0. The molecule has 0 saturated heterocycles. The van der Waals surface area contributed by atoms with Gasteiger partial charge in [0.2, 0.25) is 0 Å². The van der Waals surface area contributed by atoms with E-state index in [2.05, 4.69) is 39.1 Å². The minimum atomic E-state index is -1.15. The third-order valence-electron chi connectivity index (χ3n) is 4.31. The highest BCUT2D eigenvalue weighted by Gasteiger charge is 2.19. The van der Waals surface area contributed by atoms with Gasteiger partial charge in [0.1, 0.15) is 0 Å². The predicted molar refractivity (Wildman–Crippen MR) is 129 cm³/mol. The molecule has 0 unspecified atom stereocenters. The van der Waals surface area contributed by atoms with Crippen LogP contribution in [0.15, 0.2) is 53.5 Å². The fourth-order valence-corrected chi connectivity index (χ4v) is 2.92. The van der Waals surface area contributed by atoms with Crippen LogP contribution >= 0.6 is 12.6 Å². The maximum atomic E-state index is 12.3. The van der Waals surface area contributed by atoms with Gasteiger partial charge in [-0.1, -0.05) is 18.2 Å². The van der Waals surface area contributed by atoms with Crippen LogP contribution in [-0.4, -0.2) is 47.2 Å². The van der Waals surface area contributed by atoms with Crippen LogP contribution in [0.1, 0.15) is 38.7 Å². The van der Waals surface area contributed by atoms with E-state index in [1.165, 1.54) is 36.4 Å². The number of aliphatic carboxylic acids is 1. The monoisotopic (exact) mass is 487 g/mol. The van der Waals surface area contributed by atoms with Crippen LogP contribution in [0.3, 0.4) is 0 Å². The van der Waals surface area contributed by atoms with Crippen molar-refractivity contribution in [3.05, 3.63) is 65.2 Å². The molecular formula is C21H25N7O5S. The molecule has 12 nitrogen and oxygen atoms in total. The van der Waals surface area contributed by atoms with Crippen molar-refractivity contribution in [1.82, 2.24) is 21.5 Å². The Hall–Kier alpha value is -4.26. The van der Waals surface area contributed by atoms with Gasteiger partial charge in [0.05, 0.1) is 18.2 Å². The highest BCUT2D eigenvalue weighted by molar-refractivity contribution is 7.80. The van der Waals surface area contributed by atoms with E-state index in [0.29, 0.717) is 29.1 Å². The SMILES string of the molecule is NC(N)=Nc1cccc(C(=O)NNC(=O)N[C@H](CC(=O)O)c2ccc(C(=O)NCCS)cc2)c1. The fourth-order valence-electron chi connectivity index (χ4n) is 2.81. The second-order valence-corrected chi connectivity index (χ2v) is 7.34. The van der Waals surface area contributed by atoms with Crippen LogP contribution in [0.5, 0.6) is 0 Å². The number of guanidine groups is 1. The van der Waals surface area contributed by atoms with Gasteiger partial charge in [-0.2, -0.15) is 12.6 Å². The lowest BCUT2D eigenvalue weighted by molar-refractivity contribution is -0.137. The van der Waals surface area contributed by atoms with Gasteiger partial charge in [-0.25, -0.2) is 15.2 Å². The second kappa shape index (κ2) is 12.7. The van der Waals surface area contributed by atoms with E-state index in [9.17, 15) is 24.3 Å². The average molecular weight is 488 g/mol. The van der Waals surface area contributed by atoms with Crippen molar-refractivity contribution in [1.29, 1.82) is 0 Å². The molecule has 13 heteroatoms. The molecule has 0 bridgehead atoms. The van der Waals surface area contributed by atoms with E-state index >= 15 is 0 Å². The summed E-state index contributed by atoms with van der Waals surface area (Å²) < 4.78 is 0. The van der Waals surface area contributed by atoms with Crippen LogP contribution in [0, 0.1) is 0 Å². The zero-order chi connectivity index (χ0) is 25.1. The first-order chi connectivity index (χ1) is 16.2. The Morgan fingerprint density at radius 3 is 2.29 bits per heavy atom. The highest BCUT2D eigenvalue weighted by Crippen LogP contribution is 2.18. The number of hydrogen-bond acceptors (Lipinski definition) is 6. The van der Waals surface area contributed by atoms with Crippen LogP contribution in [0.2, 0.25) is 0 Å². The summed E-state index contributed by atoms with van der Waals surface area (Å²) in [5, 5.41) is 14.4. The number of nitrogens with two attached hydrogens (primary N) is 2. The van der Waals surface area contributed by atoms with E-state index in [-0.39, 0.29) is 17.4 Å². The first kappa shape index (κ1) is 26.0. The van der Waals surface area contributed by atoms with Crippen LogP contribution < -0.4 is 33.0 Å². The molecule has 0 aromatic heterocycles. The lowest BCUT2D eigenvalue weighted by atomic mass is 10.0. The van der Waals surface area contributed by atoms with Crippen molar-refractivity contribution in [2.45, 2.75) is 12.5 Å². The molecule has 2 aromatic carbocycles. The van der Waals surface area contributed by atoms with Gasteiger partial charge in [-0.15, -0.1) is 0 Å². The Kier molecular flexibility index (Phi) is 9.71. The molecule has 2 rings (SSSR count). The van der Waals surface area contributed by atoms with Gasteiger partial charge in [0, 0.05) is 23.4 Å². The number of carbonyl (C=O) groups excluding carboxylic acids is 3. The number of hydrazine groups is 1. The molecule has 0 aliphatic rings. The number of rotatable bonds is 9. The second-order valence-electron chi connectivity index (χ2n) is 6.89. The Morgan fingerprint density at radius 2 is 1.68 bits per heavy atom. The molecule has 9 N–H and O–H groups in total. The fraction of sp³-hybridized carbons (Fsp3) is 0.190. The van der Waals surface area contributed by atoms with Gasteiger partial charge in [-0.05, 0) is 35.9 Å². The number of nitrogens with one attached hydrogen (secondary N) is 4. The van der Waals surface area contributed by atoms with Crippen LogP contribution in [0.4, 0.5) is 10.5 Å². The Bertz CT molecular complexity index is 1070. The maximum Gasteiger partial charge on any atom is 0.333 e. The molecule has 0 spiro atoms. The summed E-state index contributed by atoms with van der Waals surface area (Å²) in [6, 6.07) is 10.4. The van der Waals surface area contributed by atoms with E-state index in [1.807, 2.05) is 0 Å². The third kappa shape index (κ3) is 8.35. The summed E-state index contributed by atoms with van der Waals surface area (Å²) >= 11 is 4.02. The van der Waals surface area contributed by atoms with E-state index in [4.69, 9.17) is 11.5 Å². The number of carboxylic acids is 1. The maximum absolute atomic E-state index is 12.3. The number of urea groups is 1. The Morgan fingerprint density at radius 1 is 0.971 bits per heavy atom. The first-order valence-corrected chi connectivity index (χ1v) is 10.6. The van der Waals surface area contributed by atoms with E-state index in [1.54, 1.807) is 12.1 Å². The molecular weight excluding hydrogens is 462 g/mol. The van der Waals surface area contributed by atoms with Crippen molar-refractivity contribution in [2.24, 2.45) is 16.5 Å². The number of carbonyl (C=O) groups is 4. The minimum absolute atomic E-state index is 0.175. The van der Waals surface area contributed by atoms with Gasteiger partial charge in [0.25, 0.3) is 11.8 Å². The third-order valence-corrected chi connectivity index (χ3v) is 4.54. The first-order valence-electron chi connectivity index (χ1n) is 9.97. The number of benzene rings is 2. The summed E-state index contributed by atoms with van der Waals surface area (Å²) in [6.45, 7) is 0.400. The number of aliphatic imine (C=N–C) groups is 1. The van der Waals surface area contributed by atoms with E-state index < -0.39 is 30.4 Å². The molecule has 0 saturated carbocycles. The Balaban J connectivity index is 2.01. The quantitative estimate of drug-likeness (QED) is 0.108. The van der Waals surface area contributed by atoms with Crippen molar-refractivity contribution >= 4 is 48.1 Å². The van der Waals surface area contributed by atoms with Crippen molar-refractivity contribution in [2.75, 3.05) is 12.3 Å². The number of amides is 4. The number of thiol groups is 1. The average Bonchev–Trinajstić information content (AvgIpc) is 2.80. The van der Waals surface area contributed by atoms with Crippen molar-refractivity contribution < 1.29 is 24.3 Å². The normalized spacial score (nSPS) is 11.0. The van der Waals surface area contributed by atoms with Crippen LogP contribution in [-0.2, 0) is 4.79 Å². The van der Waals surface area contributed by atoms with Gasteiger partial charge in [-0.3, -0.25) is 19.8 Å². The summed E-state index contributed by atoms with van der Waals surface area (Å²) in [4.78, 5) is 51.7. The smallest absolute Gasteiger partial charge is 0.333 e. The molecule has 0 heterocycles. The summed E-state index contributed by atoms with van der Waals surface area (Å²) in [5.41, 5.74) is 16.4. The van der Waals surface area contributed by atoms with Gasteiger partial charge >= 0.3 is 12.0 Å².